The van der Waals surface area contributed by atoms with Crippen LogP contribution in [-0.2, 0) is 22.3 Å². The molecule has 34 heavy (non-hydrogen) atoms. The van der Waals surface area contributed by atoms with E-state index in [-0.39, 0.29) is 36.6 Å². The minimum absolute atomic E-state index is 0.0544. The second-order valence-corrected chi connectivity index (χ2v) is 11.4. The predicted octanol–water partition coefficient (Wildman–Crippen LogP) is 8.16. The Balaban J connectivity index is 2.45. The molecule has 0 unspecified atom stereocenters. The van der Waals surface area contributed by atoms with Gasteiger partial charge in [0.15, 0.2) is 0 Å². The van der Waals surface area contributed by atoms with Gasteiger partial charge in [0.2, 0.25) is 0 Å². The van der Waals surface area contributed by atoms with Gasteiger partial charge < -0.3 is 18.9 Å². The van der Waals surface area contributed by atoms with Crippen molar-refractivity contribution in [2.24, 2.45) is 0 Å². The van der Waals surface area contributed by atoms with E-state index in [1.807, 2.05) is 52.0 Å². The highest BCUT2D eigenvalue weighted by molar-refractivity contribution is 9.10. The van der Waals surface area contributed by atoms with Crippen LogP contribution in [0.5, 0.6) is 11.5 Å². The van der Waals surface area contributed by atoms with Gasteiger partial charge in [0.05, 0.1) is 45.6 Å². The molecule has 2 atom stereocenters. The molecule has 0 heterocycles. The minimum atomic E-state index is -0.169. The van der Waals surface area contributed by atoms with Crippen molar-refractivity contribution in [2.75, 3.05) is 0 Å². The Morgan fingerprint density at radius 3 is 1.21 bits per heavy atom. The molecule has 0 fully saturated rings. The summed E-state index contributed by atoms with van der Waals surface area (Å²) in [6, 6.07) is 12.3. The molecule has 2 rings (SSSR count). The first-order chi connectivity index (χ1) is 16.0. The number of hydrogen-bond acceptors (Lipinski definition) is 4. The molecule has 0 aromatic heterocycles. The van der Waals surface area contributed by atoms with Crippen LogP contribution >= 0.6 is 31.9 Å². The fourth-order valence-corrected chi connectivity index (χ4v) is 4.83. The highest BCUT2D eigenvalue weighted by Crippen LogP contribution is 2.35. The van der Waals surface area contributed by atoms with E-state index in [0.29, 0.717) is 12.8 Å². The van der Waals surface area contributed by atoms with Gasteiger partial charge in [-0.05, 0) is 111 Å². The lowest BCUT2D eigenvalue weighted by molar-refractivity contribution is -0.109. The zero-order valence-electron chi connectivity index (χ0n) is 21.7. The van der Waals surface area contributed by atoms with Crippen LogP contribution in [0.2, 0.25) is 0 Å². The van der Waals surface area contributed by atoms with E-state index < -0.39 is 0 Å². The third-order valence-electron chi connectivity index (χ3n) is 4.95. The van der Waals surface area contributed by atoms with Crippen molar-refractivity contribution >= 4 is 31.9 Å². The number of hydrogen-bond donors (Lipinski definition) is 0. The van der Waals surface area contributed by atoms with Crippen LogP contribution in [0.1, 0.15) is 66.5 Å². The largest absolute Gasteiger partial charge is 0.490 e. The van der Waals surface area contributed by atoms with E-state index in [1.54, 1.807) is 0 Å². The average molecular weight is 600 g/mol. The maximum atomic E-state index is 6.49. The summed E-state index contributed by atoms with van der Waals surface area (Å²) in [5.74, 6) is 1.73. The van der Waals surface area contributed by atoms with Crippen LogP contribution in [0.15, 0.2) is 45.3 Å². The molecule has 0 N–H and O–H groups in total. The van der Waals surface area contributed by atoms with E-state index >= 15 is 0 Å². The van der Waals surface area contributed by atoms with Crippen molar-refractivity contribution in [3.8, 4) is 11.5 Å². The van der Waals surface area contributed by atoms with Crippen molar-refractivity contribution in [3.63, 3.8) is 0 Å². The zero-order chi connectivity index (χ0) is 25.4. The molecule has 0 aliphatic carbocycles. The Morgan fingerprint density at radius 2 is 0.912 bits per heavy atom. The third-order valence-corrected chi connectivity index (χ3v) is 6.20. The number of rotatable bonds is 13. The Bertz CT molecular complexity index is 822. The summed E-state index contributed by atoms with van der Waals surface area (Å²) in [5.41, 5.74) is 2.19. The van der Waals surface area contributed by atoms with E-state index in [2.05, 4.69) is 71.7 Å². The molecular weight excluding hydrogens is 560 g/mol. The predicted molar refractivity (Wildman–Crippen MR) is 147 cm³/mol. The van der Waals surface area contributed by atoms with Crippen molar-refractivity contribution in [1.29, 1.82) is 0 Å². The Hall–Kier alpha value is -1.08. The summed E-state index contributed by atoms with van der Waals surface area (Å²) >= 11 is 7.34. The fourth-order valence-electron chi connectivity index (χ4n) is 3.83. The van der Waals surface area contributed by atoms with Crippen molar-refractivity contribution in [2.45, 2.75) is 105 Å². The van der Waals surface area contributed by atoms with Gasteiger partial charge in [-0.25, -0.2) is 0 Å². The van der Waals surface area contributed by atoms with Gasteiger partial charge in [-0.15, -0.1) is 0 Å². The molecule has 4 nitrogen and oxygen atoms in total. The molecule has 0 spiro atoms. The number of halogens is 2. The molecule has 0 bridgehead atoms. The summed E-state index contributed by atoms with van der Waals surface area (Å²) in [5, 5.41) is 0. The zero-order valence-corrected chi connectivity index (χ0v) is 24.9. The fraction of sp³-hybridized carbons (Fsp3) is 0.571. The van der Waals surface area contributed by atoms with Gasteiger partial charge >= 0.3 is 0 Å². The van der Waals surface area contributed by atoms with Gasteiger partial charge in [-0.1, -0.05) is 24.3 Å². The topological polar surface area (TPSA) is 36.9 Å². The lowest BCUT2D eigenvalue weighted by Gasteiger charge is -2.32. The highest BCUT2D eigenvalue weighted by atomic mass is 79.9. The maximum Gasteiger partial charge on any atom is 0.137 e. The first-order valence-corrected chi connectivity index (χ1v) is 13.8. The summed E-state index contributed by atoms with van der Waals surface area (Å²) < 4.78 is 27.2. The van der Waals surface area contributed by atoms with Crippen LogP contribution in [0.4, 0.5) is 0 Å². The number of benzene rings is 2. The van der Waals surface area contributed by atoms with E-state index in [1.165, 1.54) is 0 Å². The normalized spacial score (nSPS) is 13.7. The third kappa shape index (κ3) is 9.18. The standard InChI is InChI=1S/C28H40Br2O4/c1-17(2)31-25(15-21-11-9-13-23(29)27(21)33-19(5)6)26(32-18(3)4)16-22-12-10-14-24(30)28(22)34-20(7)8/h9-14,17-20,25-26H,15-16H2,1-8H3/t25-,26-/m1/s1. The monoisotopic (exact) mass is 598 g/mol. The molecule has 6 heteroatoms. The van der Waals surface area contributed by atoms with Crippen LogP contribution in [0, 0.1) is 0 Å². The van der Waals surface area contributed by atoms with Gasteiger partial charge in [-0.2, -0.15) is 0 Å². The maximum absolute atomic E-state index is 6.49. The SMILES string of the molecule is CC(C)Oc1c(Br)cccc1C[C@@H](OC(C)C)[C@@H](Cc1cccc(Br)c1OC(C)C)OC(C)C. The first-order valence-electron chi connectivity index (χ1n) is 12.2. The molecular formula is C28H40Br2O4. The second kappa shape index (κ2) is 13.9. The molecule has 190 valence electrons. The molecule has 2 aromatic rings. The van der Waals surface area contributed by atoms with Crippen molar-refractivity contribution in [1.82, 2.24) is 0 Å². The van der Waals surface area contributed by atoms with Gasteiger partial charge in [0.1, 0.15) is 11.5 Å². The Kier molecular flexibility index (Phi) is 11.9. The molecule has 0 radical (unpaired) electrons. The van der Waals surface area contributed by atoms with Gasteiger partial charge in [0.25, 0.3) is 0 Å². The quantitative estimate of drug-likeness (QED) is 0.233. The minimum Gasteiger partial charge on any atom is -0.490 e. The molecule has 2 aromatic carbocycles. The lowest BCUT2D eigenvalue weighted by Crippen LogP contribution is -2.39. The first kappa shape index (κ1) is 29.2. The molecule has 0 aliphatic rings. The van der Waals surface area contributed by atoms with Crippen LogP contribution in [0.25, 0.3) is 0 Å². The summed E-state index contributed by atoms with van der Waals surface area (Å²) in [7, 11) is 0. The highest BCUT2D eigenvalue weighted by Gasteiger charge is 2.29. The Morgan fingerprint density at radius 1 is 0.559 bits per heavy atom. The summed E-state index contributed by atoms with van der Waals surface area (Å²) in [6.45, 7) is 16.4. The molecule has 0 saturated carbocycles. The number of para-hydroxylation sites is 2. The van der Waals surface area contributed by atoms with Crippen LogP contribution < -0.4 is 9.47 Å². The Labute approximate surface area is 223 Å². The van der Waals surface area contributed by atoms with Crippen molar-refractivity contribution in [3.05, 3.63) is 56.5 Å². The van der Waals surface area contributed by atoms with Crippen molar-refractivity contribution < 1.29 is 18.9 Å². The second-order valence-electron chi connectivity index (χ2n) is 9.64. The molecule has 0 amide bonds. The van der Waals surface area contributed by atoms with E-state index in [9.17, 15) is 0 Å². The lowest BCUT2D eigenvalue weighted by atomic mass is 9.96. The molecule has 0 aliphatic heterocycles. The van der Waals surface area contributed by atoms with E-state index in [4.69, 9.17) is 18.9 Å². The van der Waals surface area contributed by atoms with Gasteiger partial charge in [0, 0.05) is 12.8 Å². The van der Waals surface area contributed by atoms with Crippen LogP contribution in [-0.4, -0.2) is 36.6 Å². The summed E-state index contributed by atoms with van der Waals surface area (Å²) in [6.07, 6.45) is 1.26. The van der Waals surface area contributed by atoms with Crippen LogP contribution in [0.3, 0.4) is 0 Å². The number of ether oxygens (including phenoxy) is 4. The summed E-state index contributed by atoms with van der Waals surface area (Å²) in [4.78, 5) is 0. The molecule has 0 saturated heterocycles. The van der Waals surface area contributed by atoms with Gasteiger partial charge in [-0.3, -0.25) is 0 Å². The van der Waals surface area contributed by atoms with E-state index in [0.717, 1.165) is 31.6 Å². The smallest absolute Gasteiger partial charge is 0.137 e. The average Bonchev–Trinajstić information content (AvgIpc) is 2.71.